The minimum absolute atomic E-state index is 0.320. The lowest BCUT2D eigenvalue weighted by Gasteiger charge is -2.07. The van der Waals surface area contributed by atoms with Gasteiger partial charge in [-0.3, -0.25) is 0 Å². The first-order valence-electron chi connectivity index (χ1n) is 5.18. The molecular weight excluding hydrogens is 282 g/mol. The molecule has 1 atom stereocenters. The molecule has 0 aliphatic heterocycles. The fraction of sp³-hybridized carbons (Fsp3) is 0.0833. The van der Waals surface area contributed by atoms with Crippen molar-refractivity contribution in [2.24, 2.45) is 5.73 Å². The van der Waals surface area contributed by atoms with Gasteiger partial charge in [-0.1, -0.05) is 6.07 Å². The van der Waals surface area contributed by atoms with E-state index in [2.05, 4.69) is 21.0 Å². The second kappa shape index (κ2) is 4.01. The zero-order valence-corrected chi connectivity index (χ0v) is 10.5. The monoisotopic (exact) mass is 291 g/mol. The van der Waals surface area contributed by atoms with Crippen LogP contribution in [0.1, 0.15) is 17.4 Å². The summed E-state index contributed by atoms with van der Waals surface area (Å²) >= 11 is 3.42. The summed E-state index contributed by atoms with van der Waals surface area (Å²) in [4.78, 5) is 0. The second-order valence-electron chi connectivity index (χ2n) is 3.74. The molecule has 2 N–H and O–H groups in total. The topological polar surface area (TPSA) is 56.5 Å². The quantitative estimate of drug-likeness (QED) is 0.790. The molecule has 3 aromatic rings. The molecule has 17 heavy (non-hydrogen) atoms. The Labute approximate surface area is 106 Å². The zero-order valence-electron chi connectivity index (χ0n) is 8.88. The lowest BCUT2D eigenvalue weighted by Crippen LogP contribution is -2.11. The maximum Gasteiger partial charge on any atom is 0.139 e. The number of pyridine rings is 1. The zero-order chi connectivity index (χ0) is 11.8. The lowest BCUT2D eigenvalue weighted by atomic mass is 10.1. The fourth-order valence-corrected chi connectivity index (χ4v) is 2.31. The van der Waals surface area contributed by atoms with Crippen molar-refractivity contribution >= 4 is 21.4 Å². The number of hydrogen-bond acceptors (Lipinski definition) is 3. The van der Waals surface area contributed by atoms with Gasteiger partial charge in [0.15, 0.2) is 0 Å². The van der Waals surface area contributed by atoms with Crippen LogP contribution >= 0.6 is 15.9 Å². The Balaban J connectivity index is 2.13. The average molecular weight is 292 g/mol. The van der Waals surface area contributed by atoms with Crippen molar-refractivity contribution in [3.8, 4) is 0 Å². The van der Waals surface area contributed by atoms with E-state index in [0.29, 0.717) is 5.76 Å². The number of fused-ring (bicyclic) bond motifs is 1. The maximum atomic E-state index is 6.20. The Morgan fingerprint density at radius 3 is 3.00 bits per heavy atom. The van der Waals surface area contributed by atoms with Gasteiger partial charge in [-0.2, -0.15) is 5.10 Å². The number of aromatic nitrogens is 2. The number of hydrogen-bond donors (Lipinski definition) is 1. The predicted molar refractivity (Wildman–Crippen MR) is 67.6 cm³/mol. The Morgan fingerprint density at radius 2 is 2.24 bits per heavy atom. The summed E-state index contributed by atoms with van der Waals surface area (Å²) in [5.74, 6) is 0.712. The highest BCUT2D eigenvalue weighted by Gasteiger charge is 2.19. The van der Waals surface area contributed by atoms with Gasteiger partial charge in [0.1, 0.15) is 5.76 Å². The van der Waals surface area contributed by atoms with Crippen LogP contribution in [-0.2, 0) is 0 Å². The van der Waals surface area contributed by atoms with Crippen LogP contribution in [0.2, 0.25) is 0 Å². The molecule has 1 unspecified atom stereocenters. The largest absolute Gasteiger partial charge is 0.466 e. The summed E-state index contributed by atoms with van der Waals surface area (Å²) < 4.78 is 8.06. The molecule has 0 saturated carbocycles. The summed E-state index contributed by atoms with van der Waals surface area (Å²) in [6, 6.07) is 7.39. The van der Waals surface area contributed by atoms with Crippen LogP contribution in [0.15, 0.2) is 51.8 Å². The highest BCUT2D eigenvalue weighted by atomic mass is 79.9. The predicted octanol–water partition coefficient (Wildman–Crippen LogP) is 2.74. The lowest BCUT2D eigenvalue weighted by molar-refractivity contribution is 0.488. The molecular formula is C12H10BrN3O. The van der Waals surface area contributed by atoms with E-state index in [-0.39, 0.29) is 6.04 Å². The molecule has 0 saturated heterocycles. The van der Waals surface area contributed by atoms with E-state index in [1.54, 1.807) is 17.0 Å². The maximum absolute atomic E-state index is 6.20. The van der Waals surface area contributed by atoms with E-state index in [1.807, 2.05) is 30.5 Å². The molecule has 3 aromatic heterocycles. The van der Waals surface area contributed by atoms with E-state index < -0.39 is 0 Å². The standard InChI is InChI=1S/C12H10BrN3O/c13-9-4-6-17-12(9)11(14)8-7-15-16-5-2-1-3-10(8)16/h1-7,11H,14H2. The van der Waals surface area contributed by atoms with Gasteiger partial charge in [-0.25, -0.2) is 4.52 Å². The van der Waals surface area contributed by atoms with Gasteiger partial charge in [-0.15, -0.1) is 0 Å². The number of halogens is 1. The van der Waals surface area contributed by atoms with Crippen LogP contribution in [-0.4, -0.2) is 9.61 Å². The summed E-state index contributed by atoms with van der Waals surface area (Å²) in [5, 5.41) is 4.26. The van der Waals surface area contributed by atoms with Gasteiger partial charge >= 0.3 is 0 Å². The van der Waals surface area contributed by atoms with Gasteiger partial charge in [0.2, 0.25) is 0 Å². The molecule has 0 aromatic carbocycles. The summed E-state index contributed by atoms with van der Waals surface area (Å²) in [6.45, 7) is 0. The molecule has 4 nitrogen and oxygen atoms in total. The Kier molecular flexibility index (Phi) is 2.49. The van der Waals surface area contributed by atoms with Crippen molar-refractivity contribution < 1.29 is 4.42 Å². The molecule has 0 amide bonds. The SMILES string of the molecule is NC(c1occc1Br)c1cnn2ccccc12. The van der Waals surface area contributed by atoms with Gasteiger partial charge in [0, 0.05) is 11.8 Å². The Bertz CT molecular complexity index is 658. The minimum Gasteiger partial charge on any atom is -0.466 e. The van der Waals surface area contributed by atoms with Crippen LogP contribution < -0.4 is 5.73 Å². The molecule has 3 rings (SSSR count). The first-order chi connectivity index (χ1) is 8.27. The molecule has 0 spiro atoms. The van der Waals surface area contributed by atoms with Crippen LogP contribution in [0.25, 0.3) is 5.52 Å². The molecule has 5 heteroatoms. The molecule has 0 aliphatic rings. The van der Waals surface area contributed by atoms with E-state index >= 15 is 0 Å². The Hall–Kier alpha value is -1.59. The molecule has 0 fully saturated rings. The number of furan rings is 1. The first kappa shape index (κ1) is 10.6. The third-order valence-corrected chi connectivity index (χ3v) is 3.37. The fourth-order valence-electron chi connectivity index (χ4n) is 1.86. The normalized spacial score (nSPS) is 13.1. The van der Waals surface area contributed by atoms with Crippen LogP contribution in [0.3, 0.4) is 0 Å². The van der Waals surface area contributed by atoms with E-state index in [0.717, 1.165) is 15.6 Å². The molecule has 0 radical (unpaired) electrons. The van der Waals surface area contributed by atoms with Crippen molar-refractivity contribution in [1.82, 2.24) is 9.61 Å². The van der Waals surface area contributed by atoms with Crippen molar-refractivity contribution in [2.75, 3.05) is 0 Å². The van der Waals surface area contributed by atoms with E-state index in [9.17, 15) is 0 Å². The van der Waals surface area contributed by atoms with Gasteiger partial charge in [0.25, 0.3) is 0 Å². The Morgan fingerprint density at radius 1 is 1.35 bits per heavy atom. The van der Waals surface area contributed by atoms with Crippen molar-refractivity contribution in [1.29, 1.82) is 0 Å². The highest BCUT2D eigenvalue weighted by Crippen LogP contribution is 2.29. The van der Waals surface area contributed by atoms with Crippen LogP contribution in [0, 0.1) is 0 Å². The number of rotatable bonds is 2. The van der Waals surface area contributed by atoms with Crippen LogP contribution in [0.5, 0.6) is 0 Å². The number of nitrogens with two attached hydrogens (primary N) is 1. The third kappa shape index (κ3) is 1.67. The first-order valence-corrected chi connectivity index (χ1v) is 5.97. The van der Waals surface area contributed by atoms with Gasteiger partial charge < -0.3 is 10.2 Å². The second-order valence-corrected chi connectivity index (χ2v) is 4.60. The van der Waals surface area contributed by atoms with Gasteiger partial charge in [0.05, 0.1) is 28.5 Å². The smallest absolute Gasteiger partial charge is 0.139 e. The van der Waals surface area contributed by atoms with Crippen LogP contribution in [0.4, 0.5) is 0 Å². The van der Waals surface area contributed by atoms with E-state index in [4.69, 9.17) is 10.2 Å². The number of nitrogens with zero attached hydrogens (tertiary/aromatic N) is 2. The molecule has 0 aliphatic carbocycles. The minimum atomic E-state index is -0.320. The molecule has 3 heterocycles. The third-order valence-electron chi connectivity index (χ3n) is 2.72. The summed E-state index contributed by atoms with van der Waals surface area (Å²) in [6.07, 6.45) is 5.28. The van der Waals surface area contributed by atoms with E-state index in [1.165, 1.54) is 0 Å². The summed E-state index contributed by atoms with van der Waals surface area (Å²) in [5.41, 5.74) is 8.13. The average Bonchev–Trinajstić information content (AvgIpc) is 2.94. The molecule has 86 valence electrons. The molecule has 0 bridgehead atoms. The summed E-state index contributed by atoms with van der Waals surface area (Å²) in [7, 11) is 0. The van der Waals surface area contributed by atoms with Crippen molar-refractivity contribution in [3.63, 3.8) is 0 Å². The van der Waals surface area contributed by atoms with Gasteiger partial charge in [-0.05, 0) is 34.1 Å². The highest BCUT2D eigenvalue weighted by molar-refractivity contribution is 9.10. The van der Waals surface area contributed by atoms with Crippen molar-refractivity contribution in [3.05, 3.63) is 58.7 Å². The van der Waals surface area contributed by atoms with Crippen molar-refractivity contribution in [2.45, 2.75) is 6.04 Å².